The normalized spacial score (nSPS) is 16.6. The highest BCUT2D eigenvalue weighted by Crippen LogP contribution is 2.29. The Kier molecular flexibility index (Phi) is 4.90. The molecule has 2 aromatic rings. The van der Waals surface area contributed by atoms with Crippen LogP contribution in [0.5, 0.6) is 0 Å². The highest BCUT2D eigenvalue weighted by molar-refractivity contribution is 6.31. The van der Waals surface area contributed by atoms with Crippen LogP contribution in [-0.4, -0.2) is 23.3 Å². The third-order valence-corrected chi connectivity index (χ3v) is 4.54. The fraction of sp³-hybridized carbons (Fsp3) is 0.222. The van der Waals surface area contributed by atoms with Crippen molar-refractivity contribution in [3.8, 4) is 0 Å². The number of carbonyl (C=O) groups is 2. The summed E-state index contributed by atoms with van der Waals surface area (Å²) in [5.41, 5.74) is 1.62. The molecule has 134 valence electrons. The second kappa shape index (κ2) is 7.13. The summed E-state index contributed by atoms with van der Waals surface area (Å²) in [7, 11) is 0. The summed E-state index contributed by atoms with van der Waals surface area (Å²) in [6.45, 7) is 1.98. The molecule has 0 unspecified atom stereocenters. The van der Waals surface area contributed by atoms with Crippen LogP contribution in [-0.2, 0) is 9.59 Å². The third kappa shape index (κ3) is 3.67. The number of non-ortho nitro benzene ring substituents is 1. The number of nitrogens with zero attached hydrogens (tertiary/aromatic N) is 2. The first-order valence-electron chi connectivity index (χ1n) is 7.97. The lowest BCUT2D eigenvalue weighted by atomic mass is 10.1. The molecule has 2 aromatic carbocycles. The second-order valence-electron chi connectivity index (χ2n) is 6.13. The van der Waals surface area contributed by atoms with Crippen LogP contribution < -0.4 is 10.2 Å². The van der Waals surface area contributed by atoms with E-state index in [0.717, 1.165) is 0 Å². The first kappa shape index (κ1) is 17.9. The van der Waals surface area contributed by atoms with Crippen molar-refractivity contribution in [2.45, 2.75) is 13.3 Å². The Labute approximate surface area is 154 Å². The van der Waals surface area contributed by atoms with Gasteiger partial charge in [0.2, 0.25) is 11.8 Å². The van der Waals surface area contributed by atoms with Crippen molar-refractivity contribution < 1.29 is 14.5 Å². The number of hydrogen-bond donors (Lipinski definition) is 1. The summed E-state index contributed by atoms with van der Waals surface area (Å²) in [6.07, 6.45) is 0.0757. The van der Waals surface area contributed by atoms with Gasteiger partial charge < -0.3 is 10.2 Å². The number of halogens is 1. The van der Waals surface area contributed by atoms with Crippen LogP contribution in [0.1, 0.15) is 12.0 Å². The fourth-order valence-electron chi connectivity index (χ4n) is 2.87. The predicted molar refractivity (Wildman–Crippen MR) is 98.4 cm³/mol. The number of nitro groups is 1. The average Bonchev–Trinajstić information content (AvgIpc) is 2.98. The number of rotatable bonds is 4. The average molecular weight is 374 g/mol. The molecular formula is C18H16ClN3O4. The maximum absolute atomic E-state index is 12.6. The first-order chi connectivity index (χ1) is 12.3. The van der Waals surface area contributed by atoms with Crippen molar-refractivity contribution in [1.82, 2.24) is 0 Å². The summed E-state index contributed by atoms with van der Waals surface area (Å²) in [5, 5.41) is 14.1. The van der Waals surface area contributed by atoms with E-state index in [1.54, 1.807) is 37.3 Å². The Bertz CT molecular complexity index is 900. The van der Waals surface area contributed by atoms with Crippen LogP contribution in [0.15, 0.2) is 42.5 Å². The summed E-state index contributed by atoms with van der Waals surface area (Å²) in [6, 6.07) is 11.2. The van der Waals surface area contributed by atoms with E-state index in [4.69, 9.17) is 11.6 Å². The zero-order valence-electron chi connectivity index (χ0n) is 13.9. The minimum Gasteiger partial charge on any atom is -0.325 e. The smallest absolute Gasteiger partial charge is 0.271 e. The van der Waals surface area contributed by atoms with Gasteiger partial charge in [-0.3, -0.25) is 19.7 Å². The van der Waals surface area contributed by atoms with Crippen LogP contribution in [0.25, 0.3) is 0 Å². The van der Waals surface area contributed by atoms with Crippen LogP contribution in [0.4, 0.5) is 17.1 Å². The summed E-state index contributed by atoms with van der Waals surface area (Å²) in [4.78, 5) is 36.7. The van der Waals surface area contributed by atoms with Gasteiger partial charge in [-0.2, -0.15) is 0 Å². The van der Waals surface area contributed by atoms with E-state index in [9.17, 15) is 19.7 Å². The molecule has 7 nitrogen and oxygen atoms in total. The minimum atomic E-state index is -0.542. The number of nitrogens with one attached hydrogen (secondary N) is 1. The lowest BCUT2D eigenvalue weighted by molar-refractivity contribution is -0.384. The van der Waals surface area contributed by atoms with Gasteiger partial charge in [0, 0.05) is 35.8 Å². The Morgan fingerprint density at radius 1 is 1.31 bits per heavy atom. The first-order valence-corrected chi connectivity index (χ1v) is 8.35. The van der Waals surface area contributed by atoms with Crippen molar-refractivity contribution in [2.75, 3.05) is 16.8 Å². The highest BCUT2D eigenvalue weighted by Gasteiger charge is 2.35. The van der Waals surface area contributed by atoms with Gasteiger partial charge in [-0.25, -0.2) is 0 Å². The van der Waals surface area contributed by atoms with Crippen molar-refractivity contribution >= 4 is 40.5 Å². The summed E-state index contributed by atoms with van der Waals surface area (Å²) in [5.74, 6) is -1.05. The molecule has 1 heterocycles. The maximum atomic E-state index is 12.6. The molecule has 2 amide bonds. The van der Waals surface area contributed by atoms with Crippen molar-refractivity contribution in [3.05, 3.63) is 63.2 Å². The van der Waals surface area contributed by atoms with Crippen molar-refractivity contribution in [3.63, 3.8) is 0 Å². The van der Waals surface area contributed by atoms with Gasteiger partial charge in [0.05, 0.1) is 16.5 Å². The van der Waals surface area contributed by atoms with E-state index in [-0.39, 0.29) is 30.5 Å². The SMILES string of the molecule is Cc1ccc([N+](=O)[O-])cc1NC(=O)[C@@H]1CC(=O)N(c2cccc(Cl)c2)C1. The molecule has 0 aromatic heterocycles. The van der Waals surface area contributed by atoms with Crippen LogP contribution in [0.2, 0.25) is 5.02 Å². The Balaban J connectivity index is 1.75. The molecule has 3 rings (SSSR count). The number of anilines is 2. The van der Waals surface area contributed by atoms with Crippen LogP contribution in [0, 0.1) is 23.0 Å². The molecule has 1 aliphatic rings. The van der Waals surface area contributed by atoms with E-state index < -0.39 is 10.8 Å². The van der Waals surface area contributed by atoms with Crippen LogP contribution >= 0.6 is 11.6 Å². The van der Waals surface area contributed by atoms with Gasteiger partial charge in [0.1, 0.15) is 0 Å². The third-order valence-electron chi connectivity index (χ3n) is 4.31. The molecule has 0 aliphatic carbocycles. The number of aryl methyl sites for hydroxylation is 1. The monoisotopic (exact) mass is 373 g/mol. The van der Waals surface area contributed by atoms with E-state index in [0.29, 0.717) is 22.0 Å². The largest absolute Gasteiger partial charge is 0.325 e. The zero-order chi connectivity index (χ0) is 18.8. The standard InChI is InChI=1S/C18H16ClN3O4/c1-11-5-6-15(22(25)26)9-16(11)20-18(24)12-7-17(23)21(10-12)14-4-2-3-13(19)8-14/h2-6,8-9,12H,7,10H2,1H3,(H,20,24)/t12-/m1/s1. The number of benzene rings is 2. The van der Waals surface area contributed by atoms with Gasteiger partial charge in [0.15, 0.2) is 0 Å². The van der Waals surface area contributed by atoms with E-state index in [1.165, 1.54) is 17.0 Å². The quantitative estimate of drug-likeness (QED) is 0.655. The van der Waals surface area contributed by atoms with Gasteiger partial charge in [-0.1, -0.05) is 23.7 Å². The predicted octanol–water partition coefficient (Wildman–Crippen LogP) is 3.55. The van der Waals surface area contributed by atoms with E-state index >= 15 is 0 Å². The molecule has 0 radical (unpaired) electrons. The number of carbonyl (C=O) groups excluding carboxylic acids is 2. The number of hydrogen-bond acceptors (Lipinski definition) is 4. The maximum Gasteiger partial charge on any atom is 0.271 e. The van der Waals surface area contributed by atoms with Crippen molar-refractivity contribution in [1.29, 1.82) is 0 Å². The number of nitro benzene ring substituents is 1. The molecule has 1 atom stereocenters. The molecule has 1 fully saturated rings. The minimum absolute atomic E-state index is 0.0757. The zero-order valence-corrected chi connectivity index (χ0v) is 14.7. The Morgan fingerprint density at radius 3 is 2.77 bits per heavy atom. The summed E-state index contributed by atoms with van der Waals surface area (Å²) >= 11 is 5.96. The van der Waals surface area contributed by atoms with Gasteiger partial charge in [0.25, 0.3) is 5.69 Å². The molecule has 8 heteroatoms. The van der Waals surface area contributed by atoms with E-state index in [2.05, 4.69) is 5.32 Å². The molecule has 1 N–H and O–H groups in total. The summed E-state index contributed by atoms with van der Waals surface area (Å²) < 4.78 is 0. The highest BCUT2D eigenvalue weighted by atomic mass is 35.5. The number of amides is 2. The lowest BCUT2D eigenvalue weighted by Crippen LogP contribution is -2.28. The molecule has 0 spiro atoms. The van der Waals surface area contributed by atoms with Gasteiger partial charge in [-0.05, 0) is 30.7 Å². The topological polar surface area (TPSA) is 92.5 Å². The fourth-order valence-corrected chi connectivity index (χ4v) is 3.05. The molecular weight excluding hydrogens is 358 g/mol. The van der Waals surface area contributed by atoms with Crippen LogP contribution in [0.3, 0.4) is 0 Å². The van der Waals surface area contributed by atoms with Crippen molar-refractivity contribution in [2.24, 2.45) is 5.92 Å². The molecule has 1 aliphatic heterocycles. The lowest BCUT2D eigenvalue weighted by Gasteiger charge is -2.17. The van der Waals surface area contributed by atoms with E-state index in [1.807, 2.05) is 0 Å². The molecule has 0 bridgehead atoms. The Morgan fingerprint density at radius 2 is 2.08 bits per heavy atom. The van der Waals surface area contributed by atoms with Gasteiger partial charge >= 0.3 is 0 Å². The molecule has 0 saturated carbocycles. The van der Waals surface area contributed by atoms with Gasteiger partial charge in [-0.15, -0.1) is 0 Å². The molecule has 26 heavy (non-hydrogen) atoms. The molecule has 1 saturated heterocycles. The second-order valence-corrected chi connectivity index (χ2v) is 6.57. The Hall–Kier alpha value is -2.93.